The van der Waals surface area contributed by atoms with Crippen LogP contribution in [0.15, 0.2) is 78.9 Å². The number of carbonyl (C=O) groups is 1. The Balaban J connectivity index is 1.68. The lowest BCUT2D eigenvalue weighted by Gasteiger charge is -2.51. The van der Waals surface area contributed by atoms with E-state index < -0.39 is 46.8 Å². The van der Waals surface area contributed by atoms with Crippen LogP contribution < -0.4 is 0 Å². The van der Waals surface area contributed by atoms with E-state index >= 15 is 0 Å². The molecule has 3 aromatic rings. The lowest BCUT2D eigenvalue weighted by atomic mass is 9.76. The molecule has 1 fully saturated rings. The molecule has 0 spiro atoms. The van der Waals surface area contributed by atoms with Crippen molar-refractivity contribution >= 4 is 6.09 Å². The van der Waals surface area contributed by atoms with Gasteiger partial charge in [-0.05, 0) is 61.6 Å². The number of ether oxygens (including phenoxy) is 2. The molecular formula is C31H31F6NO4. The second-order valence-corrected chi connectivity index (χ2v) is 10.8. The van der Waals surface area contributed by atoms with Crippen LogP contribution in [0, 0.1) is 0 Å². The fourth-order valence-electron chi connectivity index (χ4n) is 5.07. The lowest BCUT2D eigenvalue weighted by molar-refractivity contribution is -0.143. The van der Waals surface area contributed by atoms with Crippen LogP contribution in [0.3, 0.4) is 0 Å². The van der Waals surface area contributed by atoms with Crippen LogP contribution in [0.4, 0.5) is 31.1 Å². The predicted molar refractivity (Wildman–Crippen MR) is 142 cm³/mol. The second kappa shape index (κ2) is 12.0. The summed E-state index contributed by atoms with van der Waals surface area (Å²) in [4.78, 5) is 14.9. The van der Waals surface area contributed by atoms with Gasteiger partial charge in [0.1, 0.15) is 6.61 Å². The first-order valence-electron chi connectivity index (χ1n) is 13.3. The van der Waals surface area contributed by atoms with Gasteiger partial charge >= 0.3 is 18.4 Å². The van der Waals surface area contributed by atoms with E-state index in [0.29, 0.717) is 17.7 Å². The zero-order valence-corrected chi connectivity index (χ0v) is 23.0. The van der Waals surface area contributed by atoms with Gasteiger partial charge in [0, 0.05) is 0 Å². The molecule has 1 saturated heterocycles. The Hall–Kier alpha value is -3.57. The summed E-state index contributed by atoms with van der Waals surface area (Å²) in [6.07, 6.45) is -11.5. The highest BCUT2D eigenvalue weighted by molar-refractivity contribution is 5.70. The number of carbonyl (C=O) groups excluding carboxylic acids is 1. The number of alkyl halides is 6. The minimum Gasteiger partial charge on any atom is -0.445 e. The Morgan fingerprint density at radius 3 is 2.00 bits per heavy atom. The van der Waals surface area contributed by atoms with Crippen molar-refractivity contribution in [1.82, 2.24) is 4.90 Å². The van der Waals surface area contributed by atoms with Crippen molar-refractivity contribution in [3.05, 3.63) is 107 Å². The summed E-state index contributed by atoms with van der Waals surface area (Å²) in [6, 6.07) is 19.0. The van der Waals surface area contributed by atoms with Crippen molar-refractivity contribution in [2.45, 2.75) is 62.9 Å². The molecule has 1 N–H and O–H groups in total. The van der Waals surface area contributed by atoms with E-state index in [2.05, 4.69) is 0 Å². The molecule has 0 saturated carbocycles. The first kappa shape index (κ1) is 31.4. The monoisotopic (exact) mass is 595 g/mol. The van der Waals surface area contributed by atoms with Crippen molar-refractivity contribution in [3.8, 4) is 0 Å². The molecule has 1 aliphatic rings. The molecule has 1 aliphatic heterocycles. The summed E-state index contributed by atoms with van der Waals surface area (Å²) in [5.41, 5.74) is -4.38. The maximum atomic E-state index is 13.6. The van der Waals surface area contributed by atoms with Crippen LogP contribution in [0.1, 0.15) is 60.6 Å². The highest BCUT2D eigenvalue weighted by Gasteiger charge is 2.50. The van der Waals surface area contributed by atoms with Gasteiger partial charge in [0.05, 0.1) is 41.5 Å². The summed E-state index contributed by atoms with van der Waals surface area (Å²) >= 11 is 0. The van der Waals surface area contributed by atoms with Crippen molar-refractivity contribution in [2.24, 2.45) is 0 Å². The van der Waals surface area contributed by atoms with Crippen molar-refractivity contribution in [2.75, 3.05) is 13.2 Å². The number of amides is 1. The number of piperidine rings is 1. The van der Waals surface area contributed by atoms with Gasteiger partial charge in [-0.3, -0.25) is 4.90 Å². The van der Waals surface area contributed by atoms with Crippen LogP contribution in [-0.4, -0.2) is 34.9 Å². The molecule has 1 unspecified atom stereocenters. The van der Waals surface area contributed by atoms with Crippen LogP contribution in [-0.2, 0) is 34.0 Å². The minimum atomic E-state index is -5.00. The van der Waals surface area contributed by atoms with Crippen LogP contribution in [0.2, 0.25) is 0 Å². The lowest BCUT2D eigenvalue weighted by Crippen LogP contribution is -2.61. The van der Waals surface area contributed by atoms with E-state index in [1.165, 1.54) is 11.8 Å². The molecule has 3 atom stereocenters. The SMILES string of the molecule is C[C@@H](OC[C@@]1(c2ccccc2)CCC(C)(O)CN1C(=O)OCc1ccccc1)c1cc(C(F)(F)F)cc(C(F)(F)F)c1. The van der Waals surface area contributed by atoms with Crippen molar-refractivity contribution < 1.29 is 45.7 Å². The molecule has 0 aliphatic carbocycles. The Kier molecular flexibility index (Phi) is 8.94. The molecule has 11 heteroatoms. The highest BCUT2D eigenvalue weighted by Crippen LogP contribution is 2.43. The minimum absolute atomic E-state index is 0.0507. The summed E-state index contributed by atoms with van der Waals surface area (Å²) in [5.74, 6) is 0. The van der Waals surface area contributed by atoms with Gasteiger partial charge in [-0.1, -0.05) is 60.7 Å². The number of nitrogens with zero attached hydrogens (tertiary/aromatic N) is 1. The van der Waals surface area contributed by atoms with Crippen molar-refractivity contribution in [3.63, 3.8) is 0 Å². The summed E-state index contributed by atoms with van der Waals surface area (Å²) < 4.78 is 92.5. The number of hydrogen-bond acceptors (Lipinski definition) is 4. The van der Waals surface area contributed by atoms with Gasteiger partial charge in [0.2, 0.25) is 0 Å². The topological polar surface area (TPSA) is 59.0 Å². The molecule has 3 aromatic carbocycles. The number of aliphatic hydroxyl groups is 1. The Morgan fingerprint density at radius 2 is 1.45 bits per heavy atom. The third kappa shape index (κ3) is 7.25. The zero-order valence-electron chi connectivity index (χ0n) is 23.0. The third-order valence-corrected chi connectivity index (χ3v) is 7.48. The molecular weight excluding hydrogens is 564 g/mol. The third-order valence-electron chi connectivity index (χ3n) is 7.48. The molecule has 1 amide bonds. The number of benzene rings is 3. The number of hydrogen-bond donors (Lipinski definition) is 1. The normalized spacial score (nSPS) is 22.1. The molecule has 226 valence electrons. The van der Waals surface area contributed by atoms with Crippen molar-refractivity contribution in [1.29, 1.82) is 0 Å². The van der Waals surface area contributed by atoms with Gasteiger partial charge in [-0.25, -0.2) is 4.79 Å². The maximum Gasteiger partial charge on any atom is 0.416 e. The van der Waals surface area contributed by atoms with E-state index in [-0.39, 0.29) is 44.2 Å². The zero-order chi connectivity index (χ0) is 30.8. The van der Waals surface area contributed by atoms with Crippen LogP contribution in [0.5, 0.6) is 0 Å². The smallest absolute Gasteiger partial charge is 0.416 e. The first-order valence-corrected chi connectivity index (χ1v) is 13.3. The predicted octanol–water partition coefficient (Wildman–Crippen LogP) is 7.88. The van der Waals surface area contributed by atoms with E-state index in [9.17, 15) is 36.2 Å². The molecule has 42 heavy (non-hydrogen) atoms. The standard InChI is InChI=1S/C31H31F6NO4/c1-21(23-15-25(30(32,33)34)17-26(16-23)31(35,36)37)42-20-29(24-11-7-4-8-12-24)14-13-28(2,40)19-38(29)27(39)41-18-22-9-5-3-6-10-22/h3-12,15-17,21,40H,13-14,18-20H2,1-2H3/t21-,28?,29-/m1/s1. The fraction of sp³-hybridized carbons (Fsp3) is 0.387. The summed E-state index contributed by atoms with van der Waals surface area (Å²) in [7, 11) is 0. The Bertz CT molecular complexity index is 1330. The van der Waals surface area contributed by atoms with E-state index in [0.717, 1.165) is 5.56 Å². The van der Waals surface area contributed by atoms with Gasteiger partial charge < -0.3 is 14.6 Å². The number of rotatable bonds is 7. The Morgan fingerprint density at radius 1 is 0.905 bits per heavy atom. The first-order chi connectivity index (χ1) is 19.6. The average molecular weight is 596 g/mol. The number of halogens is 6. The molecule has 0 bridgehead atoms. The second-order valence-electron chi connectivity index (χ2n) is 10.8. The summed E-state index contributed by atoms with van der Waals surface area (Å²) in [5, 5.41) is 10.9. The van der Waals surface area contributed by atoms with Crippen LogP contribution >= 0.6 is 0 Å². The quantitative estimate of drug-likeness (QED) is 0.283. The van der Waals surface area contributed by atoms with Gasteiger partial charge in [0.25, 0.3) is 0 Å². The summed E-state index contributed by atoms with van der Waals surface area (Å²) in [6.45, 7) is 2.45. The molecule has 4 rings (SSSR count). The molecule has 0 aromatic heterocycles. The van der Waals surface area contributed by atoms with E-state index in [4.69, 9.17) is 9.47 Å². The van der Waals surface area contributed by atoms with E-state index in [1.807, 2.05) is 6.07 Å². The highest BCUT2D eigenvalue weighted by atomic mass is 19.4. The molecule has 0 radical (unpaired) electrons. The Labute approximate surface area is 239 Å². The molecule has 5 nitrogen and oxygen atoms in total. The average Bonchev–Trinajstić information content (AvgIpc) is 2.95. The fourth-order valence-corrected chi connectivity index (χ4v) is 5.07. The molecule has 1 heterocycles. The van der Waals surface area contributed by atoms with Gasteiger partial charge in [-0.15, -0.1) is 0 Å². The number of likely N-dealkylation sites (tertiary alicyclic amines) is 1. The van der Waals surface area contributed by atoms with Crippen LogP contribution in [0.25, 0.3) is 0 Å². The van der Waals surface area contributed by atoms with Gasteiger partial charge in [0.15, 0.2) is 0 Å². The number of β-amino-alcohol motifs (C(OH)–C–C–N with tert-alkyl or cyclic N) is 1. The van der Waals surface area contributed by atoms with E-state index in [1.54, 1.807) is 61.5 Å². The maximum absolute atomic E-state index is 13.6. The van der Waals surface area contributed by atoms with Gasteiger partial charge in [-0.2, -0.15) is 26.3 Å². The largest absolute Gasteiger partial charge is 0.445 e.